The van der Waals surface area contributed by atoms with Crippen molar-refractivity contribution < 1.29 is 4.79 Å². The number of benzene rings is 2. The first-order valence-corrected chi connectivity index (χ1v) is 10.4. The molecule has 0 aliphatic rings. The van der Waals surface area contributed by atoms with Gasteiger partial charge in [0, 0.05) is 16.7 Å². The molecule has 0 spiro atoms. The molecule has 1 unspecified atom stereocenters. The summed E-state index contributed by atoms with van der Waals surface area (Å²) in [6.45, 7) is 4.39. The number of nitrogens with zero attached hydrogens (tertiary/aromatic N) is 2. The van der Waals surface area contributed by atoms with Crippen LogP contribution in [0, 0.1) is 0 Å². The molecule has 1 amide bonds. The average molecular weight is 446 g/mol. The first-order valence-electron chi connectivity index (χ1n) is 8.72. The second-order valence-electron chi connectivity index (χ2n) is 6.13. The first kappa shape index (κ1) is 19.6. The van der Waals surface area contributed by atoms with Crippen LogP contribution in [0.4, 0.5) is 5.69 Å². The summed E-state index contributed by atoms with van der Waals surface area (Å²) in [6, 6.07) is 14.8. The molecule has 1 N–H and O–H groups in total. The maximum atomic E-state index is 12.9. The van der Waals surface area contributed by atoms with Gasteiger partial charge in [-0.2, -0.15) is 0 Å². The number of fused-ring (bicyclic) bond motifs is 1. The minimum atomic E-state index is -0.395. The molecule has 3 rings (SSSR count). The van der Waals surface area contributed by atoms with Crippen molar-refractivity contribution in [2.24, 2.45) is 0 Å². The molecule has 1 heterocycles. The number of hydrogen-bond donors (Lipinski definition) is 1. The zero-order valence-corrected chi connectivity index (χ0v) is 17.5. The Labute approximate surface area is 170 Å². The van der Waals surface area contributed by atoms with E-state index in [9.17, 15) is 9.59 Å². The van der Waals surface area contributed by atoms with E-state index in [2.05, 4.69) is 26.2 Å². The molecular formula is C20H20BrN3O2S. The highest BCUT2D eigenvalue weighted by molar-refractivity contribution is 9.10. The summed E-state index contributed by atoms with van der Waals surface area (Å²) in [7, 11) is 0. The zero-order valence-electron chi connectivity index (χ0n) is 15.1. The second kappa shape index (κ2) is 8.71. The van der Waals surface area contributed by atoms with Crippen LogP contribution in [0.3, 0.4) is 0 Å². The van der Waals surface area contributed by atoms with E-state index in [0.29, 0.717) is 22.6 Å². The number of halogens is 1. The molecule has 140 valence electrons. The van der Waals surface area contributed by atoms with Crippen LogP contribution in [0.2, 0.25) is 0 Å². The van der Waals surface area contributed by atoms with Crippen molar-refractivity contribution >= 4 is 50.2 Å². The third-order valence-electron chi connectivity index (χ3n) is 4.02. The van der Waals surface area contributed by atoms with Gasteiger partial charge in [-0.05, 0) is 43.7 Å². The van der Waals surface area contributed by atoms with Gasteiger partial charge in [-0.15, -0.1) is 0 Å². The maximum absolute atomic E-state index is 12.9. The van der Waals surface area contributed by atoms with Crippen LogP contribution in [0.25, 0.3) is 10.9 Å². The van der Waals surface area contributed by atoms with Crippen molar-refractivity contribution in [1.29, 1.82) is 0 Å². The quantitative estimate of drug-likeness (QED) is 0.441. The number of rotatable bonds is 6. The maximum Gasteiger partial charge on any atom is 0.262 e. The molecule has 0 radical (unpaired) electrons. The summed E-state index contributed by atoms with van der Waals surface area (Å²) in [5, 5.41) is 3.63. The van der Waals surface area contributed by atoms with Crippen molar-refractivity contribution in [3.8, 4) is 0 Å². The van der Waals surface area contributed by atoms with Crippen LogP contribution in [-0.4, -0.2) is 20.7 Å². The fraction of sp³-hybridized carbons (Fsp3) is 0.250. The van der Waals surface area contributed by atoms with E-state index < -0.39 is 5.25 Å². The summed E-state index contributed by atoms with van der Waals surface area (Å²) in [4.78, 5) is 30.1. The smallest absolute Gasteiger partial charge is 0.262 e. The van der Waals surface area contributed by atoms with E-state index in [-0.39, 0.29) is 11.5 Å². The van der Waals surface area contributed by atoms with E-state index in [4.69, 9.17) is 0 Å². The third kappa shape index (κ3) is 4.59. The lowest BCUT2D eigenvalue weighted by molar-refractivity contribution is -0.115. The normalized spacial score (nSPS) is 12.1. The molecule has 0 saturated heterocycles. The number of para-hydroxylation sites is 1. The lowest BCUT2D eigenvalue weighted by Gasteiger charge is -2.16. The molecular weight excluding hydrogens is 426 g/mol. The SMILES string of the molecule is CCCn1c(SC(C)C(=O)Nc2ccccc2)nc2ccc(Br)cc2c1=O. The molecule has 2 aromatic carbocycles. The molecule has 1 atom stereocenters. The Morgan fingerprint density at radius 3 is 2.70 bits per heavy atom. The molecule has 0 fully saturated rings. The second-order valence-corrected chi connectivity index (χ2v) is 8.35. The van der Waals surface area contributed by atoms with Crippen LogP contribution >= 0.6 is 27.7 Å². The highest BCUT2D eigenvalue weighted by atomic mass is 79.9. The number of thioether (sulfide) groups is 1. The average Bonchev–Trinajstić information content (AvgIpc) is 2.66. The van der Waals surface area contributed by atoms with E-state index >= 15 is 0 Å². The van der Waals surface area contributed by atoms with Gasteiger partial charge in [0.15, 0.2) is 5.16 Å². The van der Waals surface area contributed by atoms with Gasteiger partial charge in [-0.1, -0.05) is 52.8 Å². The van der Waals surface area contributed by atoms with E-state index in [1.54, 1.807) is 10.6 Å². The minimum Gasteiger partial charge on any atom is -0.325 e. The Morgan fingerprint density at radius 2 is 2.00 bits per heavy atom. The monoisotopic (exact) mass is 445 g/mol. The number of nitrogens with one attached hydrogen (secondary N) is 1. The van der Waals surface area contributed by atoms with Gasteiger partial charge in [0.1, 0.15) is 0 Å². The van der Waals surface area contributed by atoms with Crippen LogP contribution < -0.4 is 10.9 Å². The number of amides is 1. The standard InChI is InChI=1S/C20H20BrN3O2S/c1-3-11-24-19(26)16-12-14(21)9-10-17(16)23-20(24)27-13(2)18(25)22-15-7-5-4-6-8-15/h4-10,12-13H,3,11H2,1-2H3,(H,22,25). The molecule has 1 aromatic heterocycles. The molecule has 27 heavy (non-hydrogen) atoms. The fourth-order valence-electron chi connectivity index (χ4n) is 2.66. The summed E-state index contributed by atoms with van der Waals surface area (Å²) in [6.07, 6.45) is 0.805. The Kier molecular flexibility index (Phi) is 6.34. The Balaban J connectivity index is 1.90. The van der Waals surface area contributed by atoms with Gasteiger partial charge in [-0.25, -0.2) is 4.98 Å². The van der Waals surface area contributed by atoms with Crippen molar-refractivity contribution in [2.45, 2.75) is 37.2 Å². The summed E-state index contributed by atoms with van der Waals surface area (Å²) in [5.74, 6) is -0.126. The topological polar surface area (TPSA) is 64.0 Å². The molecule has 5 nitrogen and oxygen atoms in total. The largest absolute Gasteiger partial charge is 0.325 e. The number of carbonyl (C=O) groups excluding carboxylic acids is 1. The fourth-order valence-corrected chi connectivity index (χ4v) is 3.96. The van der Waals surface area contributed by atoms with Crippen molar-refractivity contribution in [1.82, 2.24) is 9.55 Å². The molecule has 7 heteroatoms. The van der Waals surface area contributed by atoms with Gasteiger partial charge in [0.2, 0.25) is 5.91 Å². The summed E-state index contributed by atoms with van der Waals surface area (Å²) in [5.41, 5.74) is 1.30. The lowest BCUT2D eigenvalue weighted by atomic mass is 10.2. The molecule has 3 aromatic rings. The summed E-state index contributed by atoms with van der Waals surface area (Å²) >= 11 is 4.70. The third-order valence-corrected chi connectivity index (χ3v) is 5.60. The molecule has 0 bridgehead atoms. The summed E-state index contributed by atoms with van der Waals surface area (Å²) < 4.78 is 2.50. The van der Waals surface area contributed by atoms with E-state index in [0.717, 1.165) is 16.6 Å². The molecule has 0 aliphatic carbocycles. The predicted molar refractivity (Wildman–Crippen MR) is 114 cm³/mol. The predicted octanol–water partition coefficient (Wildman–Crippen LogP) is 4.69. The van der Waals surface area contributed by atoms with Crippen LogP contribution in [0.1, 0.15) is 20.3 Å². The Hall–Kier alpha value is -2.12. The van der Waals surface area contributed by atoms with Crippen molar-refractivity contribution in [2.75, 3.05) is 5.32 Å². The lowest BCUT2D eigenvalue weighted by Crippen LogP contribution is -2.27. The van der Waals surface area contributed by atoms with Gasteiger partial charge < -0.3 is 5.32 Å². The molecule has 0 saturated carbocycles. The number of carbonyl (C=O) groups is 1. The van der Waals surface area contributed by atoms with Crippen molar-refractivity contribution in [3.63, 3.8) is 0 Å². The van der Waals surface area contributed by atoms with E-state index in [1.165, 1.54) is 11.8 Å². The van der Waals surface area contributed by atoms with E-state index in [1.807, 2.05) is 56.3 Å². The number of hydrogen-bond acceptors (Lipinski definition) is 4. The van der Waals surface area contributed by atoms with Crippen LogP contribution in [0.5, 0.6) is 0 Å². The minimum absolute atomic E-state index is 0.0821. The van der Waals surface area contributed by atoms with Gasteiger partial charge in [-0.3, -0.25) is 14.2 Å². The van der Waals surface area contributed by atoms with Gasteiger partial charge in [0.05, 0.1) is 16.2 Å². The van der Waals surface area contributed by atoms with Gasteiger partial charge >= 0.3 is 0 Å². The highest BCUT2D eigenvalue weighted by Gasteiger charge is 2.19. The number of aromatic nitrogens is 2. The molecule has 0 aliphatic heterocycles. The Bertz CT molecular complexity index is 1020. The highest BCUT2D eigenvalue weighted by Crippen LogP contribution is 2.25. The van der Waals surface area contributed by atoms with Crippen LogP contribution in [0.15, 0.2) is 63.0 Å². The van der Waals surface area contributed by atoms with Crippen LogP contribution in [-0.2, 0) is 11.3 Å². The number of anilines is 1. The van der Waals surface area contributed by atoms with Crippen molar-refractivity contribution in [3.05, 3.63) is 63.4 Å². The van der Waals surface area contributed by atoms with Gasteiger partial charge in [0.25, 0.3) is 5.56 Å². The zero-order chi connectivity index (χ0) is 19.4. The first-order chi connectivity index (χ1) is 13.0. The Morgan fingerprint density at radius 1 is 1.26 bits per heavy atom.